The molecule has 1 aromatic heterocycles. The third kappa shape index (κ3) is 4.59. The molecule has 0 radical (unpaired) electrons. The van der Waals surface area contributed by atoms with Crippen LogP contribution in [-0.2, 0) is 0 Å². The van der Waals surface area contributed by atoms with Crippen molar-refractivity contribution >= 4 is 34.6 Å². The third-order valence-electron chi connectivity index (χ3n) is 4.51. The first kappa shape index (κ1) is 22.1. The van der Waals surface area contributed by atoms with E-state index in [2.05, 4.69) is 20.8 Å². The van der Waals surface area contributed by atoms with Crippen LogP contribution in [-0.4, -0.2) is 32.3 Å². The Balaban J connectivity index is 1.94. The molecule has 32 heavy (non-hydrogen) atoms. The predicted molar refractivity (Wildman–Crippen MR) is 117 cm³/mol. The van der Waals surface area contributed by atoms with Crippen molar-refractivity contribution in [1.82, 2.24) is 15.4 Å². The zero-order valence-electron chi connectivity index (χ0n) is 17.2. The highest BCUT2D eigenvalue weighted by atomic mass is 16.6. The molecule has 12 nitrogen and oxygen atoms in total. The van der Waals surface area contributed by atoms with Gasteiger partial charge in [-0.15, -0.1) is 0 Å². The minimum Gasteiger partial charge on any atom is -0.321 e. The monoisotopic (exact) mass is 437 g/mol. The van der Waals surface area contributed by atoms with Crippen LogP contribution in [0.25, 0.3) is 0 Å². The number of nitrogens with one attached hydrogen (secondary N) is 2. The molecule has 0 saturated heterocycles. The summed E-state index contributed by atoms with van der Waals surface area (Å²) in [5, 5.41) is 23.0. The van der Waals surface area contributed by atoms with Crippen molar-refractivity contribution in [3.63, 3.8) is 0 Å². The maximum atomic E-state index is 12.5. The summed E-state index contributed by atoms with van der Waals surface area (Å²) in [5.41, 5.74) is 5.22. The molecule has 3 rings (SSSR count). The van der Waals surface area contributed by atoms with Gasteiger partial charge in [0.2, 0.25) is 11.6 Å². The molecule has 2 N–H and O–H groups in total. The largest absolute Gasteiger partial charge is 0.355 e. The van der Waals surface area contributed by atoms with Gasteiger partial charge in [-0.1, -0.05) is 24.3 Å². The summed E-state index contributed by atoms with van der Waals surface area (Å²) >= 11 is 0. The van der Waals surface area contributed by atoms with Crippen LogP contribution in [0.15, 0.2) is 54.9 Å². The minimum absolute atomic E-state index is 0.0283. The topological polar surface area (TPSA) is 156 Å². The van der Waals surface area contributed by atoms with Crippen molar-refractivity contribution in [2.45, 2.75) is 13.8 Å². The van der Waals surface area contributed by atoms with E-state index in [1.165, 1.54) is 24.3 Å². The van der Waals surface area contributed by atoms with E-state index in [-0.39, 0.29) is 17.2 Å². The lowest BCUT2D eigenvalue weighted by Crippen LogP contribution is -2.31. The van der Waals surface area contributed by atoms with Gasteiger partial charge in [-0.25, -0.2) is 9.97 Å². The van der Waals surface area contributed by atoms with Gasteiger partial charge in [-0.05, 0) is 37.6 Å². The zero-order chi connectivity index (χ0) is 23.3. The van der Waals surface area contributed by atoms with E-state index in [1.807, 2.05) is 32.0 Å². The van der Waals surface area contributed by atoms with Crippen LogP contribution in [0.5, 0.6) is 0 Å². The van der Waals surface area contributed by atoms with Gasteiger partial charge in [0.15, 0.2) is 0 Å². The third-order valence-corrected chi connectivity index (χ3v) is 4.51. The van der Waals surface area contributed by atoms with Crippen molar-refractivity contribution in [3.8, 4) is 0 Å². The fraction of sp³-hybridized carbons (Fsp3) is 0.150. The maximum Gasteiger partial charge on any atom is 0.355 e. The number of anilines is 3. The summed E-state index contributed by atoms with van der Waals surface area (Å²) in [4.78, 5) is 43.7. The first-order chi connectivity index (χ1) is 15.3. The van der Waals surface area contributed by atoms with Gasteiger partial charge >= 0.3 is 5.69 Å². The molecule has 0 spiro atoms. The lowest BCUT2D eigenvalue weighted by molar-refractivity contribution is -0.385. The second-order valence-electron chi connectivity index (χ2n) is 6.59. The van der Waals surface area contributed by atoms with Crippen molar-refractivity contribution in [2.24, 2.45) is 0 Å². The number of benzene rings is 2. The molecule has 1 amide bonds. The second-order valence-corrected chi connectivity index (χ2v) is 6.59. The number of nitro groups is 2. The van der Waals surface area contributed by atoms with Crippen LogP contribution >= 0.6 is 0 Å². The van der Waals surface area contributed by atoms with Gasteiger partial charge in [-0.3, -0.25) is 35.9 Å². The van der Waals surface area contributed by atoms with E-state index < -0.39 is 27.1 Å². The summed E-state index contributed by atoms with van der Waals surface area (Å²) in [6, 6.07) is 12.7. The Hall–Kier alpha value is -4.61. The van der Waals surface area contributed by atoms with Crippen LogP contribution in [0.4, 0.5) is 28.7 Å². The SMILES string of the molecule is CCN(c1cccc(C)c1)c1ncnc(NNC(=O)c2ccccc2[N+](=O)[O-])c1[N+](=O)[O-]. The predicted octanol–water partition coefficient (Wildman–Crippen LogP) is 3.52. The highest BCUT2D eigenvalue weighted by Gasteiger charge is 2.28. The molecule has 0 fully saturated rings. The van der Waals surface area contributed by atoms with Gasteiger partial charge in [0, 0.05) is 18.3 Å². The lowest BCUT2D eigenvalue weighted by atomic mass is 10.2. The molecule has 12 heteroatoms. The average Bonchev–Trinajstić information content (AvgIpc) is 2.78. The number of nitro benzene ring substituents is 1. The molecule has 1 heterocycles. The van der Waals surface area contributed by atoms with Crippen LogP contribution in [0.3, 0.4) is 0 Å². The number of hydrogen-bond acceptors (Lipinski definition) is 9. The molecule has 0 saturated carbocycles. The fourth-order valence-corrected chi connectivity index (χ4v) is 3.09. The van der Waals surface area contributed by atoms with E-state index >= 15 is 0 Å². The van der Waals surface area contributed by atoms with Crippen LogP contribution in [0, 0.1) is 27.2 Å². The van der Waals surface area contributed by atoms with Crippen LogP contribution in [0.2, 0.25) is 0 Å². The standard InChI is InChI=1S/C20H19N7O5/c1-3-25(14-8-6-7-13(2)11-14)19-17(27(31)32)18(21-12-22-19)23-24-20(28)15-9-4-5-10-16(15)26(29)30/h4-12H,3H2,1-2H3,(H,24,28)(H,21,22,23). The van der Waals surface area contributed by atoms with Gasteiger partial charge < -0.3 is 4.90 Å². The van der Waals surface area contributed by atoms with Crippen LogP contribution in [0.1, 0.15) is 22.8 Å². The van der Waals surface area contributed by atoms with E-state index in [0.717, 1.165) is 11.9 Å². The molecular formula is C20H19N7O5. The van der Waals surface area contributed by atoms with Crippen molar-refractivity contribution in [2.75, 3.05) is 16.9 Å². The molecule has 3 aromatic rings. The highest BCUT2D eigenvalue weighted by molar-refractivity contribution is 5.98. The zero-order valence-corrected chi connectivity index (χ0v) is 17.2. The molecular weight excluding hydrogens is 418 g/mol. The summed E-state index contributed by atoms with van der Waals surface area (Å²) < 4.78 is 0. The Morgan fingerprint density at radius 3 is 2.47 bits per heavy atom. The first-order valence-electron chi connectivity index (χ1n) is 9.46. The van der Waals surface area contributed by atoms with E-state index in [0.29, 0.717) is 12.2 Å². The molecule has 2 aromatic carbocycles. The lowest BCUT2D eigenvalue weighted by Gasteiger charge is -2.22. The number of amides is 1. The normalized spacial score (nSPS) is 10.3. The van der Waals surface area contributed by atoms with Crippen molar-refractivity contribution in [1.29, 1.82) is 0 Å². The first-order valence-corrected chi connectivity index (χ1v) is 9.46. The second kappa shape index (κ2) is 9.47. The van der Waals surface area contributed by atoms with Gasteiger partial charge in [-0.2, -0.15) is 0 Å². The van der Waals surface area contributed by atoms with E-state index in [9.17, 15) is 25.0 Å². The molecule has 0 aliphatic heterocycles. The Kier molecular flexibility index (Phi) is 6.53. The molecule has 0 bridgehead atoms. The van der Waals surface area contributed by atoms with E-state index in [1.54, 1.807) is 11.0 Å². The number of aryl methyl sites for hydroxylation is 1. The quantitative estimate of drug-likeness (QED) is 0.397. The molecule has 0 unspecified atom stereocenters. The number of rotatable bonds is 8. The smallest absolute Gasteiger partial charge is 0.321 e. The Morgan fingerprint density at radius 2 is 1.81 bits per heavy atom. The molecule has 0 atom stereocenters. The van der Waals surface area contributed by atoms with Crippen molar-refractivity contribution < 1.29 is 14.6 Å². The fourth-order valence-electron chi connectivity index (χ4n) is 3.09. The summed E-state index contributed by atoms with van der Waals surface area (Å²) in [5.74, 6) is -1.09. The van der Waals surface area contributed by atoms with Crippen LogP contribution < -0.4 is 15.8 Å². The summed E-state index contributed by atoms with van der Waals surface area (Å²) in [6.07, 6.45) is 1.13. The summed E-state index contributed by atoms with van der Waals surface area (Å²) in [6.45, 7) is 4.10. The average molecular weight is 437 g/mol. The number of para-hydroxylation sites is 1. The Morgan fingerprint density at radius 1 is 1.06 bits per heavy atom. The van der Waals surface area contributed by atoms with Gasteiger partial charge in [0.05, 0.1) is 9.85 Å². The minimum atomic E-state index is -0.849. The number of hydrogen-bond donors (Lipinski definition) is 2. The molecule has 0 aliphatic carbocycles. The Bertz CT molecular complexity index is 1180. The van der Waals surface area contributed by atoms with Gasteiger partial charge in [0.25, 0.3) is 11.6 Å². The number of nitrogens with zero attached hydrogens (tertiary/aromatic N) is 5. The molecule has 164 valence electrons. The number of carbonyl (C=O) groups excluding carboxylic acids is 1. The van der Waals surface area contributed by atoms with Crippen molar-refractivity contribution in [3.05, 3.63) is 86.2 Å². The Labute approximate surface area is 182 Å². The highest BCUT2D eigenvalue weighted by Crippen LogP contribution is 2.35. The maximum absolute atomic E-state index is 12.5. The molecule has 0 aliphatic rings. The van der Waals surface area contributed by atoms with E-state index in [4.69, 9.17) is 0 Å². The summed E-state index contributed by atoms with van der Waals surface area (Å²) in [7, 11) is 0. The number of hydrazine groups is 1. The number of carbonyl (C=O) groups is 1. The van der Waals surface area contributed by atoms with Gasteiger partial charge in [0.1, 0.15) is 11.9 Å². The number of aromatic nitrogens is 2.